The largest absolute Gasteiger partial charge is 0.380 e. The number of methoxy groups -OCH3 is 1. The summed E-state index contributed by atoms with van der Waals surface area (Å²) in [6, 6.07) is 9.20. The van der Waals surface area contributed by atoms with Gasteiger partial charge in [0.15, 0.2) is 0 Å². The van der Waals surface area contributed by atoms with Crippen molar-refractivity contribution in [3.63, 3.8) is 0 Å². The molecular formula is C12H17NO. The van der Waals surface area contributed by atoms with Crippen molar-refractivity contribution in [3.8, 4) is 0 Å². The fraction of sp³-hybridized carbons (Fsp3) is 0.500. The molecule has 0 aromatic heterocycles. The molecule has 1 aliphatic heterocycles. The minimum Gasteiger partial charge on any atom is -0.380 e. The number of rotatable bonds is 2. The van der Waals surface area contributed by atoms with Crippen LogP contribution in [0.4, 0.5) is 0 Å². The lowest BCUT2D eigenvalue weighted by Crippen LogP contribution is -2.16. The molecule has 1 aromatic carbocycles. The highest BCUT2D eigenvalue weighted by Gasteiger charge is 2.24. The van der Waals surface area contributed by atoms with E-state index in [0.717, 1.165) is 13.0 Å². The minimum absolute atomic E-state index is 0.376. The Morgan fingerprint density at radius 3 is 2.57 bits per heavy atom. The van der Waals surface area contributed by atoms with Crippen LogP contribution in [0, 0.1) is 6.92 Å². The second kappa shape index (κ2) is 4.11. The molecule has 2 unspecified atom stereocenters. The molecule has 0 aliphatic carbocycles. The van der Waals surface area contributed by atoms with E-state index < -0.39 is 0 Å². The number of aryl methyl sites for hydroxylation is 1. The predicted octanol–water partition coefficient (Wildman–Crippen LogP) is 2.04. The van der Waals surface area contributed by atoms with Crippen LogP contribution in [-0.4, -0.2) is 19.8 Å². The highest BCUT2D eigenvalue weighted by atomic mass is 16.5. The van der Waals surface area contributed by atoms with Gasteiger partial charge in [0.25, 0.3) is 0 Å². The molecule has 0 bridgehead atoms. The molecule has 0 amide bonds. The summed E-state index contributed by atoms with van der Waals surface area (Å²) in [5.74, 6) is 0. The topological polar surface area (TPSA) is 21.3 Å². The van der Waals surface area contributed by atoms with Crippen molar-refractivity contribution in [2.45, 2.75) is 25.5 Å². The molecule has 1 aliphatic rings. The third kappa shape index (κ3) is 1.97. The molecule has 1 N–H and O–H groups in total. The molecule has 2 atom stereocenters. The van der Waals surface area contributed by atoms with Gasteiger partial charge in [0.1, 0.15) is 0 Å². The Bertz CT molecular complexity index is 294. The molecule has 2 rings (SSSR count). The molecule has 0 radical (unpaired) electrons. The van der Waals surface area contributed by atoms with Crippen molar-refractivity contribution in [2.24, 2.45) is 0 Å². The van der Waals surface area contributed by atoms with E-state index in [1.165, 1.54) is 11.1 Å². The zero-order chi connectivity index (χ0) is 9.97. The van der Waals surface area contributed by atoms with Crippen LogP contribution in [0.5, 0.6) is 0 Å². The first-order chi connectivity index (χ1) is 6.79. The summed E-state index contributed by atoms with van der Waals surface area (Å²) in [5.41, 5.74) is 2.69. The number of ether oxygens (including phenoxy) is 1. The van der Waals surface area contributed by atoms with Crippen molar-refractivity contribution in [3.05, 3.63) is 35.4 Å². The van der Waals surface area contributed by atoms with Gasteiger partial charge in [0.05, 0.1) is 6.10 Å². The highest BCUT2D eigenvalue weighted by molar-refractivity contribution is 5.25. The summed E-state index contributed by atoms with van der Waals surface area (Å²) < 4.78 is 5.32. The van der Waals surface area contributed by atoms with Gasteiger partial charge in [-0.1, -0.05) is 29.8 Å². The SMILES string of the molecule is COC1CNC(c2ccc(C)cc2)C1. The Labute approximate surface area is 85.3 Å². The van der Waals surface area contributed by atoms with E-state index in [1.807, 2.05) is 0 Å². The van der Waals surface area contributed by atoms with E-state index in [9.17, 15) is 0 Å². The lowest BCUT2D eigenvalue weighted by atomic mass is 10.0. The molecule has 14 heavy (non-hydrogen) atoms. The van der Waals surface area contributed by atoms with Gasteiger partial charge in [-0.2, -0.15) is 0 Å². The lowest BCUT2D eigenvalue weighted by Gasteiger charge is -2.10. The average molecular weight is 191 g/mol. The van der Waals surface area contributed by atoms with Gasteiger partial charge in [-0.15, -0.1) is 0 Å². The summed E-state index contributed by atoms with van der Waals surface area (Å²) in [7, 11) is 1.78. The van der Waals surface area contributed by atoms with Crippen LogP contribution in [0.1, 0.15) is 23.6 Å². The Hall–Kier alpha value is -0.860. The van der Waals surface area contributed by atoms with Crippen LogP contribution in [-0.2, 0) is 4.74 Å². The maximum atomic E-state index is 5.32. The monoisotopic (exact) mass is 191 g/mol. The lowest BCUT2D eigenvalue weighted by molar-refractivity contribution is 0.117. The Morgan fingerprint density at radius 2 is 2.00 bits per heavy atom. The molecule has 2 nitrogen and oxygen atoms in total. The van der Waals surface area contributed by atoms with Gasteiger partial charge in [-0.25, -0.2) is 0 Å². The van der Waals surface area contributed by atoms with E-state index in [1.54, 1.807) is 7.11 Å². The van der Waals surface area contributed by atoms with Crippen molar-refractivity contribution in [1.29, 1.82) is 0 Å². The van der Waals surface area contributed by atoms with Crippen molar-refractivity contribution < 1.29 is 4.74 Å². The predicted molar refractivity (Wildman–Crippen MR) is 57.3 cm³/mol. The number of benzene rings is 1. The van der Waals surface area contributed by atoms with E-state index in [0.29, 0.717) is 12.1 Å². The van der Waals surface area contributed by atoms with Crippen LogP contribution in [0.2, 0.25) is 0 Å². The maximum Gasteiger partial charge on any atom is 0.0714 e. The van der Waals surface area contributed by atoms with Crippen LogP contribution >= 0.6 is 0 Å². The fourth-order valence-corrected chi connectivity index (χ4v) is 1.94. The first kappa shape index (κ1) is 9.69. The molecule has 1 fully saturated rings. The summed E-state index contributed by atoms with van der Waals surface area (Å²) in [4.78, 5) is 0. The van der Waals surface area contributed by atoms with E-state index in [4.69, 9.17) is 4.74 Å². The Balaban J connectivity index is 2.06. The van der Waals surface area contributed by atoms with Gasteiger partial charge in [-0.3, -0.25) is 0 Å². The van der Waals surface area contributed by atoms with Crippen LogP contribution in [0.15, 0.2) is 24.3 Å². The van der Waals surface area contributed by atoms with Gasteiger partial charge in [0.2, 0.25) is 0 Å². The zero-order valence-electron chi connectivity index (χ0n) is 8.79. The van der Waals surface area contributed by atoms with Gasteiger partial charge in [-0.05, 0) is 18.9 Å². The second-order valence-corrected chi connectivity index (χ2v) is 3.96. The van der Waals surface area contributed by atoms with Gasteiger partial charge in [0, 0.05) is 19.7 Å². The molecule has 1 aromatic rings. The maximum absolute atomic E-state index is 5.32. The molecule has 1 heterocycles. The number of nitrogens with one attached hydrogen (secondary N) is 1. The molecular weight excluding hydrogens is 174 g/mol. The first-order valence-electron chi connectivity index (χ1n) is 5.12. The van der Waals surface area contributed by atoms with Gasteiger partial charge >= 0.3 is 0 Å². The molecule has 2 heteroatoms. The third-order valence-electron chi connectivity index (χ3n) is 2.90. The fourth-order valence-electron chi connectivity index (χ4n) is 1.94. The molecule has 0 saturated carbocycles. The van der Waals surface area contributed by atoms with E-state index in [-0.39, 0.29) is 0 Å². The van der Waals surface area contributed by atoms with Crippen molar-refractivity contribution in [1.82, 2.24) is 5.32 Å². The first-order valence-corrected chi connectivity index (χ1v) is 5.12. The zero-order valence-corrected chi connectivity index (χ0v) is 8.79. The van der Waals surface area contributed by atoms with Crippen LogP contribution in [0.3, 0.4) is 0 Å². The number of hydrogen-bond acceptors (Lipinski definition) is 2. The average Bonchev–Trinajstić information content (AvgIpc) is 2.67. The standard InChI is InChI=1S/C12H17NO/c1-9-3-5-10(6-4-9)12-7-11(14-2)8-13-12/h3-6,11-13H,7-8H2,1-2H3. The Morgan fingerprint density at radius 1 is 1.29 bits per heavy atom. The minimum atomic E-state index is 0.376. The van der Waals surface area contributed by atoms with E-state index in [2.05, 4.69) is 36.5 Å². The summed E-state index contributed by atoms with van der Waals surface area (Å²) >= 11 is 0. The summed E-state index contributed by atoms with van der Waals surface area (Å²) in [6.07, 6.45) is 1.46. The third-order valence-corrected chi connectivity index (χ3v) is 2.90. The highest BCUT2D eigenvalue weighted by Crippen LogP contribution is 2.24. The second-order valence-electron chi connectivity index (χ2n) is 3.96. The summed E-state index contributed by atoms with van der Waals surface area (Å²) in [5, 5.41) is 3.47. The quantitative estimate of drug-likeness (QED) is 0.772. The Kier molecular flexibility index (Phi) is 2.85. The molecule has 76 valence electrons. The van der Waals surface area contributed by atoms with Gasteiger partial charge < -0.3 is 10.1 Å². The van der Waals surface area contributed by atoms with Crippen molar-refractivity contribution >= 4 is 0 Å². The van der Waals surface area contributed by atoms with Crippen LogP contribution < -0.4 is 5.32 Å². The van der Waals surface area contributed by atoms with Crippen molar-refractivity contribution in [2.75, 3.05) is 13.7 Å². The molecule has 1 saturated heterocycles. The normalized spacial score (nSPS) is 26.7. The smallest absolute Gasteiger partial charge is 0.0714 e. The van der Waals surface area contributed by atoms with E-state index >= 15 is 0 Å². The number of hydrogen-bond donors (Lipinski definition) is 1. The van der Waals surface area contributed by atoms with Crippen LogP contribution in [0.25, 0.3) is 0 Å². The summed E-state index contributed by atoms with van der Waals surface area (Å²) in [6.45, 7) is 3.08. The molecule has 0 spiro atoms.